The molecule has 0 saturated carbocycles. The second-order valence-electron chi connectivity index (χ2n) is 3.23. The number of hydrogen-bond acceptors (Lipinski definition) is 3. The van der Waals surface area contributed by atoms with Gasteiger partial charge in [-0.25, -0.2) is 0 Å². The first-order valence-corrected chi connectivity index (χ1v) is 3.89. The van der Waals surface area contributed by atoms with Crippen molar-refractivity contribution in [3.05, 3.63) is 0 Å². The summed E-state index contributed by atoms with van der Waals surface area (Å²) in [6, 6.07) is -1.43. The van der Waals surface area contributed by atoms with Crippen LogP contribution in [0.3, 0.4) is 0 Å². The van der Waals surface area contributed by atoms with Crippen molar-refractivity contribution in [2.24, 2.45) is 5.73 Å². The van der Waals surface area contributed by atoms with E-state index in [9.17, 15) is 22.8 Å². The minimum atomic E-state index is -4.94. The van der Waals surface area contributed by atoms with Gasteiger partial charge in [0.15, 0.2) is 5.54 Å². The third-order valence-electron chi connectivity index (χ3n) is 1.78. The SMILES string of the molecule is C[C@H](NC(=O)[C@](C)(N)C(F)(F)F)C(=O)O. The van der Waals surface area contributed by atoms with E-state index < -0.39 is 29.6 Å². The monoisotopic (exact) mass is 228 g/mol. The first-order chi connectivity index (χ1) is 6.50. The molecule has 0 heterocycles. The van der Waals surface area contributed by atoms with Gasteiger partial charge >= 0.3 is 12.1 Å². The molecule has 0 aromatic heterocycles. The Kier molecular flexibility index (Phi) is 3.70. The van der Waals surface area contributed by atoms with Crippen LogP contribution >= 0.6 is 0 Å². The van der Waals surface area contributed by atoms with Crippen LogP contribution in [0.2, 0.25) is 0 Å². The molecule has 0 aromatic carbocycles. The van der Waals surface area contributed by atoms with Gasteiger partial charge in [-0.2, -0.15) is 13.2 Å². The maximum atomic E-state index is 12.2. The maximum Gasteiger partial charge on any atom is 0.415 e. The molecule has 15 heavy (non-hydrogen) atoms. The normalized spacial score (nSPS) is 17.7. The van der Waals surface area contributed by atoms with Crippen molar-refractivity contribution in [2.45, 2.75) is 31.6 Å². The van der Waals surface area contributed by atoms with Gasteiger partial charge in [0.25, 0.3) is 0 Å². The molecule has 1 amide bonds. The van der Waals surface area contributed by atoms with Crippen LogP contribution in [0.5, 0.6) is 0 Å². The molecule has 0 spiro atoms. The molecule has 0 aliphatic carbocycles. The second-order valence-corrected chi connectivity index (χ2v) is 3.23. The highest BCUT2D eigenvalue weighted by molar-refractivity contribution is 5.90. The predicted molar refractivity (Wildman–Crippen MR) is 43.9 cm³/mol. The van der Waals surface area contributed by atoms with Gasteiger partial charge in [0.1, 0.15) is 6.04 Å². The minimum Gasteiger partial charge on any atom is -0.480 e. The number of aliphatic carboxylic acids is 1. The van der Waals surface area contributed by atoms with Gasteiger partial charge in [-0.3, -0.25) is 9.59 Å². The Bertz CT molecular complexity index is 275. The number of hydrogen-bond donors (Lipinski definition) is 3. The van der Waals surface area contributed by atoms with Crippen molar-refractivity contribution in [1.82, 2.24) is 5.32 Å². The predicted octanol–water partition coefficient (Wildman–Crippen LogP) is -0.145. The van der Waals surface area contributed by atoms with Gasteiger partial charge in [-0.05, 0) is 13.8 Å². The smallest absolute Gasteiger partial charge is 0.415 e. The lowest BCUT2D eigenvalue weighted by Gasteiger charge is -2.27. The van der Waals surface area contributed by atoms with Crippen LogP contribution in [-0.4, -0.2) is 34.7 Å². The third-order valence-corrected chi connectivity index (χ3v) is 1.78. The molecular weight excluding hydrogens is 217 g/mol. The molecule has 2 atom stereocenters. The number of rotatable bonds is 3. The van der Waals surface area contributed by atoms with Gasteiger partial charge in [0, 0.05) is 0 Å². The van der Waals surface area contributed by atoms with Crippen molar-refractivity contribution >= 4 is 11.9 Å². The Morgan fingerprint density at radius 2 is 1.80 bits per heavy atom. The van der Waals surface area contributed by atoms with E-state index in [0.717, 1.165) is 6.92 Å². The highest BCUT2D eigenvalue weighted by Gasteiger charge is 2.54. The highest BCUT2D eigenvalue weighted by atomic mass is 19.4. The topological polar surface area (TPSA) is 92.4 Å². The molecule has 4 N–H and O–H groups in total. The Labute approximate surface area is 83.4 Å². The zero-order chi connectivity index (χ0) is 12.4. The van der Waals surface area contributed by atoms with Crippen LogP contribution in [-0.2, 0) is 9.59 Å². The van der Waals surface area contributed by atoms with Crippen LogP contribution in [0.15, 0.2) is 0 Å². The fraction of sp³-hybridized carbons (Fsp3) is 0.714. The highest BCUT2D eigenvalue weighted by Crippen LogP contribution is 2.27. The average molecular weight is 228 g/mol. The molecule has 0 aliphatic rings. The van der Waals surface area contributed by atoms with Gasteiger partial charge in [-0.1, -0.05) is 0 Å². The Balaban J connectivity index is 4.66. The molecule has 8 heteroatoms. The summed E-state index contributed by atoms with van der Waals surface area (Å²) in [6.07, 6.45) is -4.94. The van der Waals surface area contributed by atoms with E-state index in [1.54, 1.807) is 5.32 Å². The average Bonchev–Trinajstić information content (AvgIpc) is 2.01. The summed E-state index contributed by atoms with van der Waals surface area (Å²) >= 11 is 0. The second kappa shape index (κ2) is 4.05. The van der Waals surface area contributed by atoms with Crippen molar-refractivity contribution in [3.63, 3.8) is 0 Å². The first kappa shape index (κ1) is 13.7. The number of halogens is 3. The first-order valence-electron chi connectivity index (χ1n) is 3.89. The lowest BCUT2D eigenvalue weighted by molar-refractivity contribution is -0.188. The summed E-state index contributed by atoms with van der Waals surface area (Å²) in [4.78, 5) is 21.3. The van der Waals surface area contributed by atoms with E-state index in [0.29, 0.717) is 6.92 Å². The molecule has 0 unspecified atom stereocenters. The minimum absolute atomic E-state index is 0.469. The number of nitrogens with two attached hydrogens (primary N) is 1. The number of carbonyl (C=O) groups excluding carboxylic acids is 1. The summed E-state index contributed by atoms with van der Waals surface area (Å²) in [5.74, 6) is -3.02. The van der Waals surface area contributed by atoms with Gasteiger partial charge in [0.05, 0.1) is 0 Å². The molecular formula is C7H11F3N2O3. The van der Waals surface area contributed by atoms with E-state index in [1.165, 1.54) is 0 Å². The number of carboxylic acids is 1. The summed E-state index contributed by atoms with van der Waals surface area (Å²) < 4.78 is 36.6. The number of carbonyl (C=O) groups is 2. The molecule has 0 radical (unpaired) electrons. The van der Waals surface area contributed by atoms with Crippen LogP contribution in [0.4, 0.5) is 13.2 Å². The number of amides is 1. The summed E-state index contributed by atoms with van der Waals surface area (Å²) in [6.45, 7) is 1.50. The van der Waals surface area contributed by atoms with E-state index in [4.69, 9.17) is 10.8 Å². The summed E-state index contributed by atoms with van der Waals surface area (Å²) in [7, 11) is 0. The lowest BCUT2D eigenvalue weighted by Crippen LogP contribution is -2.63. The van der Waals surface area contributed by atoms with Crippen molar-refractivity contribution in [3.8, 4) is 0 Å². The van der Waals surface area contributed by atoms with Crippen LogP contribution < -0.4 is 11.1 Å². The summed E-state index contributed by atoms with van der Waals surface area (Å²) in [5.41, 5.74) is 1.66. The molecule has 0 bridgehead atoms. The third kappa shape index (κ3) is 3.08. The molecule has 5 nitrogen and oxygen atoms in total. The number of nitrogens with one attached hydrogen (secondary N) is 1. The van der Waals surface area contributed by atoms with E-state index in [-0.39, 0.29) is 0 Å². The van der Waals surface area contributed by atoms with E-state index >= 15 is 0 Å². The molecule has 0 saturated heterocycles. The lowest BCUT2D eigenvalue weighted by atomic mass is 10.0. The Hall–Kier alpha value is -1.31. The van der Waals surface area contributed by atoms with Crippen molar-refractivity contribution < 1.29 is 27.9 Å². The quantitative estimate of drug-likeness (QED) is 0.626. The fourth-order valence-electron chi connectivity index (χ4n) is 0.537. The van der Waals surface area contributed by atoms with Gasteiger partial charge in [-0.15, -0.1) is 0 Å². The standard InChI is InChI=1S/C7H11F3N2O3/c1-3(4(13)14)12-5(15)6(2,11)7(8,9)10/h3H,11H2,1-2H3,(H,12,15)(H,13,14)/t3-,6-/m0/s1. The largest absolute Gasteiger partial charge is 0.480 e. The van der Waals surface area contributed by atoms with Crippen LogP contribution in [0.25, 0.3) is 0 Å². The molecule has 0 aliphatic heterocycles. The summed E-state index contributed by atoms with van der Waals surface area (Å²) in [5, 5.41) is 10.0. The zero-order valence-corrected chi connectivity index (χ0v) is 8.05. The zero-order valence-electron chi connectivity index (χ0n) is 8.05. The van der Waals surface area contributed by atoms with Gasteiger partial charge in [0.2, 0.25) is 5.91 Å². The Morgan fingerprint density at radius 1 is 1.40 bits per heavy atom. The Morgan fingerprint density at radius 3 is 2.07 bits per heavy atom. The number of alkyl halides is 3. The van der Waals surface area contributed by atoms with Gasteiger partial charge < -0.3 is 16.2 Å². The molecule has 0 aromatic rings. The van der Waals surface area contributed by atoms with Crippen LogP contribution in [0.1, 0.15) is 13.8 Å². The van der Waals surface area contributed by atoms with E-state index in [1.807, 2.05) is 0 Å². The van der Waals surface area contributed by atoms with Crippen LogP contribution in [0, 0.1) is 0 Å². The molecule has 0 rings (SSSR count). The maximum absolute atomic E-state index is 12.2. The number of carboxylic acid groups (broad SMARTS) is 1. The molecule has 0 fully saturated rings. The fourth-order valence-corrected chi connectivity index (χ4v) is 0.537. The van der Waals surface area contributed by atoms with Crippen molar-refractivity contribution in [1.29, 1.82) is 0 Å². The van der Waals surface area contributed by atoms with E-state index in [2.05, 4.69) is 0 Å². The molecule has 88 valence electrons. The van der Waals surface area contributed by atoms with Crippen molar-refractivity contribution in [2.75, 3.05) is 0 Å².